The molecule has 0 radical (unpaired) electrons. The average Bonchev–Trinajstić information content (AvgIpc) is 2.53. The molecule has 96 valence electrons. The van der Waals surface area contributed by atoms with Crippen molar-refractivity contribution in [2.24, 2.45) is 12.5 Å². The molecular formula is C10H18N4O2S. The number of hydrogen-bond acceptors (Lipinski definition) is 4. The van der Waals surface area contributed by atoms with Crippen molar-refractivity contribution in [1.29, 1.82) is 0 Å². The normalized spacial score (nSPS) is 18.9. The van der Waals surface area contributed by atoms with Crippen LogP contribution >= 0.6 is 0 Å². The van der Waals surface area contributed by atoms with Crippen molar-refractivity contribution in [2.75, 3.05) is 12.3 Å². The summed E-state index contributed by atoms with van der Waals surface area (Å²) < 4.78 is 28.2. The van der Waals surface area contributed by atoms with Crippen LogP contribution in [-0.4, -0.2) is 24.5 Å². The van der Waals surface area contributed by atoms with Crippen molar-refractivity contribution in [3.63, 3.8) is 0 Å². The number of nitrogens with zero attached hydrogens (tertiary/aromatic N) is 2. The summed E-state index contributed by atoms with van der Waals surface area (Å²) in [6.07, 6.45) is 4.70. The standard InChI is InChI=1S/C10H18N4O2S/c1-10(4-3-5-10)6-13-17(15,16)9-8(11)12-7-14(9)2/h7,13H,3-6,11H2,1-2H3. The Morgan fingerprint density at radius 1 is 1.59 bits per heavy atom. The summed E-state index contributed by atoms with van der Waals surface area (Å²) in [6.45, 7) is 2.55. The van der Waals surface area contributed by atoms with Crippen LogP contribution in [0.1, 0.15) is 26.2 Å². The molecule has 0 amide bonds. The van der Waals surface area contributed by atoms with Crippen LogP contribution in [0.3, 0.4) is 0 Å². The van der Waals surface area contributed by atoms with Crippen LogP contribution in [0.4, 0.5) is 5.82 Å². The zero-order valence-electron chi connectivity index (χ0n) is 10.1. The molecule has 1 aromatic rings. The van der Waals surface area contributed by atoms with Gasteiger partial charge in [0, 0.05) is 13.6 Å². The molecule has 0 aromatic carbocycles. The Hall–Kier alpha value is -1.08. The van der Waals surface area contributed by atoms with Gasteiger partial charge in [0.05, 0.1) is 6.33 Å². The monoisotopic (exact) mass is 258 g/mol. The molecule has 1 fully saturated rings. The number of sulfonamides is 1. The van der Waals surface area contributed by atoms with E-state index >= 15 is 0 Å². The minimum Gasteiger partial charge on any atom is -0.381 e. The smallest absolute Gasteiger partial charge is 0.260 e. The molecule has 6 nitrogen and oxygen atoms in total. The number of imidazole rings is 1. The Kier molecular flexibility index (Phi) is 2.90. The fraction of sp³-hybridized carbons (Fsp3) is 0.700. The van der Waals surface area contributed by atoms with Crippen LogP contribution in [0.2, 0.25) is 0 Å². The van der Waals surface area contributed by atoms with E-state index in [1.54, 1.807) is 7.05 Å². The van der Waals surface area contributed by atoms with Gasteiger partial charge in [0.1, 0.15) is 0 Å². The summed E-state index contributed by atoms with van der Waals surface area (Å²) in [5, 5.41) is 0.0421. The third-order valence-corrected chi connectivity index (χ3v) is 4.94. The SMILES string of the molecule is Cn1cnc(N)c1S(=O)(=O)NCC1(C)CCC1. The van der Waals surface area contributed by atoms with E-state index in [0.29, 0.717) is 6.54 Å². The minimum absolute atomic E-state index is 0.0405. The molecule has 0 aliphatic heterocycles. The van der Waals surface area contributed by atoms with E-state index in [1.165, 1.54) is 17.3 Å². The van der Waals surface area contributed by atoms with Gasteiger partial charge < -0.3 is 10.3 Å². The molecule has 1 saturated carbocycles. The highest BCUT2D eigenvalue weighted by molar-refractivity contribution is 7.89. The second-order valence-electron chi connectivity index (χ2n) is 5.03. The van der Waals surface area contributed by atoms with E-state index in [2.05, 4.69) is 16.6 Å². The molecule has 3 N–H and O–H groups in total. The first-order valence-electron chi connectivity index (χ1n) is 5.61. The number of anilines is 1. The van der Waals surface area contributed by atoms with Gasteiger partial charge in [-0.2, -0.15) is 0 Å². The number of nitrogen functional groups attached to an aromatic ring is 1. The molecule has 0 unspecified atom stereocenters. The number of aromatic nitrogens is 2. The van der Waals surface area contributed by atoms with E-state index in [1.807, 2.05) is 0 Å². The van der Waals surface area contributed by atoms with Gasteiger partial charge in [0.25, 0.3) is 10.0 Å². The second kappa shape index (κ2) is 3.99. The van der Waals surface area contributed by atoms with Crippen molar-refractivity contribution in [2.45, 2.75) is 31.2 Å². The lowest BCUT2D eigenvalue weighted by Crippen LogP contribution is -2.40. The molecule has 1 aliphatic rings. The predicted octanol–water partition coefficient (Wildman–Crippen LogP) is 0.471. The molecule has 1 aliphatic carbocycles. The van der Waals surface area contributed by atoms with Crippen molar-refractivity contribution in [3.05, 3.63) is 6.33 Å². The zero-order valence-corrected chi connectivity index (χ0v) is 10.9. The Morgan fingerprint density at radius 2 is 2.24 bits per heavy atom. The molecule has 1 aromatic heterocycles. The van der Waals surface area contributed by atoms with Gasteiger partial charge in [-0.15, -0.1) is 0 Å². The number of rotatable bonds is 4. The molecule has 17 heavy (non-hydrogen) atoms. The van der Waals surface area contributed by atoms with Crippen LogP contribution in [0, 0.1) is 5.41 Å². The zero-order chi connectivity index (χ0) is 12.7. The maximum atomic E-state index is 12.1. The van der Waals surface area contributed by atoms with Crippen molar-refractivity contribution in [3.8, 4) is 0 Å². The Labute approximate surface area is 101 Å². The van der Waals surface area contributed by atoms with E-state index in [-0.39, 0.29) is 16.3 Å². The van der Waals surface area contributed by atoms with Gasteiger partial charge >= 0.3 is 0 Å². The fourth-order valence-corrected chi connectivity index (χ4v) is 3.49. The molecule has 7 heteroatoms. The average molecular weight is 258 g/mol. The van der Waals surface area contributed by atoms with Crippen LogP contribution < -0.4 is 10.5 Å². The highest BCUT2D eigenvalue weighted by Crippen LogP contribution is 2.39. The first-order chi connectivity index (χ1) is 7.84. The lowest BCUT2D eigenvalue weighted by Gasteiger charge is -2.38. The minimum atomic E-state index is -3.56. The molecule has 0 saturated heterocycles. The van der Waals surface area contributed by atoms with Crippen molar-refractivity contribution in [1.82, 2.24) is 14.3 Å². The summed E-state index contributed by atoms with van der Waals surface area (Å²) in [5.41, 5.74) is 5.66. The first kappa shape index (κ1) is 12.4. The van der Waals surface area contributed by atoms with Crippen LogP contribution in [0.25, 0.3) is 0 Å². The summed E-state index contributed by atoms with van der Waals surface area (Å²) in [6, 6.07) is 0. The van der Waals surface area contributed by atoms with Crippen molar-refractivity contribution >= 4 is 15.8 Å². The summed E-state index contributed by atoms with van der Waals surface area (Å²) >= 11 is 0. The maximum Gasteiger partial charge on any atom is 0.260 e. The Morgan fingerprint density at radius 3 is 2.65 bits per heavy atom. The number of nitrogens with one attached hydrogen (secondary N) is 1. The predicted molar refractivity (Wildman–Crippen MR) is 64.8 cm³/mol. The van der Waals surface area contributed by atoms with E-state index in [4.69, 9.17) is 5.73 Å². The van der Waals surface area contributed by atoms with Gasteiger partial charge in [-0.25, -0.2) is 18.1 Å². The quantitative estimate of drug-likeness (QED) is 0.821. The maximum absolute atomic E-state index is 12.1. The number of hydrogen-bond donors (Lipinski definition) is 2. The van der Waals surface area contributed by atoms with Gasteiger partial charge in [-0.05, 0) is 18.3 Å². The largest absolute Gasteiger partial charge is 0.381 e. The van der Waals surface area contributed by atoms with E-state index < -0.39 is 10.0 Å². The molecular weight excluding hydrogens is 240 g/mol. The van der Waals surface area contributed by atoms with Gasteiger partial charge in [0.15, 0.2) is 10.8 Å². The molecule has 0 atom stereocenters. The Bertz CT molecular complexity index is 497. The van der Waals surface area contributed by atoms with Gasteiger partial charge in [-0.3, -0.25) is 0 Å². The third kappa shape index (κ3) is 2.30. The lowest BCUT2D eigenvalue weighted by atomic mass is 9.71. The van der Waals surface area contributed by atoms with Crippen LogP contribution in [-0.2, 0) is 17.1 Å². The molecule has 2 rings (SSSR count). The lowest BCUT2D eigenvalue weighted by molar-refractivity contribution is 0.166. The van der Waals surface area contributed by atoms with Crippen molar-refractivity contribution < 1.29 is 8.42 Å². The van der Waals surface area contributed by atoms with Gasteiger partial charge in [-0.1, -0.05) is 13.3 Å². The van der Waals surface area contributed by atoms with E-state index in [9.17, 15) is 8.42 Å². The van der Waals surface area contributed by atoms with Crippen LogP contribution in [0.15, 0.2) is 11.4 Å². The number of aryl methyl sites for hydroxylation is 1. The fourth-order valence-electron chi connectivity index (χ4n) is 2.06. The summed E-state index contributed by atoms with van der Waals surface area (Å²) in [7, 11) is -1.95. The Balaban J connectivity index is 2.14. The number of nitrogens with two attached hydrogens (primary N) is 1. The molecule has 0 spiro atoms. The molecule has 1 heterocycles. The topological polar surface area (TPSA) is 90.0 Å². The second-order valence-corrected chi connectivity index (χ2v) is 6.72. The van der Waals surface area contributed by atoms with Crippen LogP contribution in [0.5, 0.6) is 0 Å². The van der Waals surface area contributed by atoms with E-state index in [0.717, 1.165) is 12.8 Å². The first-order valence-corrected chi connectivity index (χ1v) is 7.09. The third-order valence-electron chi connectivity index (χ3n) is 3.41. The molecule has 0 bridgehead atoms. The summed E-state index contributed by atoms with van der Waals surface area (Å²) in [5.74, 6) is 0.0405. The highest BCUT2D eigenvalue weighted by Gasteiger charge is 2.34. The highest BCUT2D eigenvalue weighted by atomic mass is 32.2. The van der Waals surface area contributed by atoms with Gasteiger partial charge in [0.2, 0.25) is 0 Å². The summed E-state index contributed by atoms with van der Waals surface area (Å²) in [4.78, 5) is 3.78.